The average Bonchev–Trinajstić information content (AvgIpc) is 2.83. The van der Waals surface area contributed by atoms with Crippen molar-refractivity contribution in [1.29, 1.82) is 0 Å². The first kappa shape index (κ1) is 24.6. The SMILES string of the molecule is CCOC(=O)CNC(=O)c1ccc(Nc2cc(Nc3cccc(S(=O)(=O)NC)c3)ncn2)cc1. The van der Waals surface area contributed by atoms with Crippen molar-refractivity contribution in [3.05, 3.63) is 66.5 Å². The molecule has 1 heterocycles. The molecule has 0 radical (unpaired) electrons. The standard InChI is InChI=1S/C22H24N6O5S/c1-3-33-21(29)13-24-22(30)15-7-9-16(10-8-15)27-19-12-20(26-14-25-19)28-17-5-4-6-18(11-17)34(31,32)23-2/h4-12,14,23H,3,13H2,1-2H3,(H,24,30)(H2,25,26,27,28). The lowest BCUT2D eigenvalue weighted by atomic mass is 10.2. The van der Waals surface area contributed by atoms with Gasteiger partial charge >= 0.3 is 5.97 Å². The van der Waals surface area contributed by atoms with Crippen LogP contribution in [0.25, 0.3) is 0 Å². The number of hydrogen-bond donors (Lipinski definition) is 4. The molecular formula is C22H24N6O5S. The van der Waals surface area contributed by atoms with Crippen molar-refractivity contribution >= 4 is 44.9 Å². The molecule has 3 aromatic rings. The molecule has 0 saturated carbocycles. The number of esters is 1. The van der Waals surface area contributed by atoms with E-state index in [2.05, 4.69) is 30.6 Å². The van der Waals surface area contributed by atoms with E-state index in [1.165, 1.54) is 25.5 Å². The van der Waals surface area contributed by atoms with Gasteiger partial charge in [-0.05, 0) is 56.4 Å². The zero-order chi connectivity index (χ0) is 24.6. The van der Waals surface area contributed by atoms with Crippen LogP contribution in [-0.4, -0.2) is 50.5 Å². The predicted molar refractivity (Wildman–Crippen MR) is 127 cm³/mol. The second kappa shape index (κ2) is 11.2. The first-order valence-electron chi connectivity index (χ1n) is 10.2. The van der Waals surface area contributed by atoms with E-state index < -0.39 is 21.9 Å². The lowest BCUT2D eigenvalue weighted by Gasteiger charge is -2.10. The van der Waals surface area contributed by atoms with E-state index in [9.17, 15) is 18.0 Å². The summed E-state index contributed by atoms with van der Waals surface area (Å²) in [5.41, 5.74) is 1.60. The topological polar surface area (TPSA) is 151 Å². The van der Waals surface area contributed by atoms with E-state index in [4.69, 9.17) is 4.74 Å². The Bertz CT molecular complexity index is 1260. The molecule has 34 heavy (non-hydrogen) atoms. The summed E-state index contributed by atoms with van der Waals surface area (Å²) in [7, 11) is -2.22. The van der Waals surface area contributed by atoms with Crippen molar-refractivity contribution in [3.63, 3.8) is 0 Å². The summed E-state index contributed by atoms with van der Waals surface area (Å²) >= 11 is 0. The van der Waals surface area contributed by atoms with E-state index in [-0.39, 0.29) is 18.0 Å². The molecule has 1 amide bonds. The van der Waals surface area contributed by atoms with E-state index in [0.717, 1.165) is 0 Å². The largest absolute Gasteiger partial charge is 0.465 e. The van der Waals surface area contributed by atoms with Crippen LogP contribution in [0, 0.1) is 0 Å². The zero-order valence-electron chi connectivity index (χ0n) is 18.5. The van der Waals surface area contributed by atoms with Crippen molar-refractivity contribution in [1.82, 2.24) is 20.0 Å². The minimum atomic E-state index is -3.57. The second-order valence-electron chi connectivity index (χ2n) is 6.84. The van der Waals surface area contributed by atoms with Crippen molar-refractivity contribution in [2.75, 3.05) is 30.8 Å². The summed E-state index contributed by atoms with van der Waals surface area (Å²) in [5, 5.41) is 8.65. The third kappa shape index (κ3) is 6.73. The van der Waals surface area contributed by atoms with E-state index in [1.807, 2.05) is 0 Å². The van der Waals surface area contributed by atoms with Gasteiger partial charge in [0.2, 0.25) is 10.0 Å². The molecule has 0 saturated heterocycles. The fraction of sp³-hybridized carbons (Fsp3) is 0.182. The van der Waals surface area contributed by atoms with Crippen molar-refractivity contribution < 1.29 is 22.7 Å². The lowest BCUT2D eigenvalue weighted by molar-refractivity contribution is -0.141. The quantitative estimate of drug-likeness (QED) is 0.317. The highest BCUT2D eigenvalue weighted by Crippen LogP contribution is 2.21. The number of benzene rings is 2. The summed E-state index contributed by atoms with van der Waals surface area (Å²) in [6.07, 6.45) is 1.36. The Morgan fingerprint density at radius 3 is 2.26 bits per heavy atom. The second-order valence-corrected chi connectivity index (χ2v) is 8.73. The minimum Gasteiger partial charge on any atom is -0.465 e. The monoisotopic (exact) mass is 484 g/mol. The Balaban J connectivity index is 1.64. The molecule has 0 fully saturated rings. The van der Waals surface area contributed by atoms with Crippen molar-refractivity contribution in [2.24, 2.45) is 0 Å². The summed E-state index contributed by atoms with van der Waals surface area (Å²) < 4.78 is 31.1. The third-order valence-corrected chi connectivity index (χ3v) is 5.88. The summed E-state index contributed by atoms with van der Waals surface area (Å²) in [4.78, 5) is 31.9. The normalized spacial score (nSPS) is 10.9. The number of rotatable bonds is 10. The average molecular weight is 485 g/mol. The molecule has 0 bridgehead atoms. The Kier molecular flexibility index (Phi) is 8.11. The van der Waals surface area contributed by atoms with Crippen molar-refractivity contribution in [2.45, 2.75) is 11.8 Å². The maximum Gasteiger partial charge on any atom is 0.325 e. The van der Waals surface area contributed by atoms with Crippen molar-refractivity contribution in [3.8, 4) is 0 Å². The smallest absolute Gasteiger partial charge is 0.325 e. The van der Waals surface area contributed by atoms with Crippen LogP contribution in [0.4, 0.5) is 23.0 Å². The molecule has 0 unspecified atom stereocenters. The van der Waals surface area contributed by atoms with Gasteiger partial charge in [-0.2, -0.15) is 0 Å². The van der Waals surface area contributed by atoms with Crippen LogP contribution >= 0.6 is 0 Å². The fourth-order valence-corrected chi connectivity index (χ4v) is 3.60. The van der Waals surface area contributed by atoms with Gasteiger partial charge in [0.05, 0.1) is 11.5 Å². The van der Waals surface area contributed by atoms with Crippen LogP contribution in [0.3, 0.4) is 0 Å². The molecule has 0 spiro atoms. The highest BCUT2D eigenvalue weighted by molar-refractivity contribution is 7.89. The van der Waals surface area contributed by atoms with Gasteiger partial charge in [0.1, 0.15) is 24.5 Å². The number of ether oxygens (including phenoxy) is 1. The van der Waals surface area contributed by atoms with Crippen LogP contribution in [0.15, 0.2) is 65.8 Å². The zero-order valence-corrected chi connectivity index (χ0v) is 19.3. The molecule has 178 valence electrons. The van der Waals surface area contributed by atoms with Crippen LogP contribution in [-0.2, 0) is 19.6 Å². The van der Waals surface area contributed by atoms with Crippen LogP contribution in [0.5, 0.6) is 0 Å². The molecular weight excluding hydrogens is 460 g/mol. The van der Waals surface area contributed by atoms with Crippen LogP contribution in [0.2, 0.25) is 0 Å². The third-order valence-electron chi connectivity index (χ3n) is 4.47. The Hall–Kier alpha value is -4.03. The molecule has 0 atom stereocenters. The Morgan fingerprint density at radius 1 is 0.941 bits per heavy atom. The number of nitrogens with zero attached hydrogens (tertiary/aromatic N) is 2. The predicted octanol–water partition coefficient (Wildman–Crippen LogP) is 2.16. The number of anilines is 4. The summed E-state index contributed by atoms with van der Waals surface area (Å²) in [5.74, 6) is 0.0378. The minimum absolute atomic E-state index is 0.124. The maximum atomic E-state index is 12.1. The molecule has 1 aromatic heterocycles. The highest BCUT2D eigenvalue weighted by Gasteiger charge is 2.12. The van der Waals surface area contributed by atoms with Crippen LogP contribution < -0.4 is 20.7 Å². The number of hydrogen-bond acceptors (Lipinski definition) is 9. The molecule has 0 aliphatic carbocycles. The molecule has 0 aliphatic heterocycles. The Labute approximate surface area is 197 Å². The number of aromatic nitrogens is 2. The molecule has 4 N–H and O–H groups in total. The Morgan fingerprint density at radius 2 is 1.62 bits per heavy atom. The molecule has 0 aliphatic rings. The van der Waals surface area contributed by atoms with E-state index >= 15 is 0 Å². The summed E-state index contributed by atoms with van der Waals surface area (Å²) in [6, 6.07) is 14.6. The van der Waals surface area contributed by atoms with Gasteiger partial charge in [-0.3, -0.25) is 9.59 Å². The number of amides is 1. The fourth-order valence-electron chi connectivity index (χ4n) is 2.82. The van der Waals surface area contributed by atoms with E-state index in [0.29, 0.717) is 28.6 Å². The van der Waals surface area contributed by atoms with Gasteiger partial charge in [0.15, 0.2) is 0 Å². The molecule has 11 nitrogen and oxygen atoms in total. The molecule has 12 heteroatoms. The highest BCUT2D eigenvalue weighted by atomic mass is 32.2. The number of carbonyl (C=O) groups is 2. The van der Waals surface area contributed by atoms with Gasteiger partial charge in [-0.25, -0.2) is 23.1 Å². The number of sulfonamides is 1. The van der Waals surface area contributed by atoms with Gasteiger partial charge in [0, 0.05) is 23.0 Å². The van der Waals surface area contributed by atoms with Gasteiger partial charge in [-0.15, -0.1) is 0 Å². The maximum absolute atomic E-state index is 12.1. The lowest BCUT2D eigenvalue weighted by Crippen LogP contribution is -2.30. The van der Waals surface area contributed by atoms with E-state index in [1.54, 1.807) is 49.4 Å². The van der Waals surface area contributed by atoms with Gasteiger partial charge in [-0.1, -0.05) is 6.07 Å². The first-order valence-corrected chi connectivity index (χ1v) is 11.7. The first-order chi connectivity index (χ1) is 16.3. The van der Waals surface area contributed by atoms with Gasteiger partial charge in [0.25, 0.3) is 5.91 Å². The summed E-state index contributed by atoms with van der Waals surface area (Å²) in [6.45, 7) is 1.74. The van der Waals surface area contributed by atoms with Crippen LogP contribution in [0.1, 0.15) is 17.3 Å². The van der Waals surface area contributed by atoms with Gasteiger partial charge < -0.3 is 20.7 Å². The molecule has 3 rings (SSSR count). The molecule has 2 aromatic carbocycles. The number of nitrogens with one attached hydrogen (secondary N) is 4. The number of carbonyl (C=O) groups excluding carboxylic acids is 2.